The molecule has 3 aliphatic rings. The second-order valence-corrected chi connectivity index (χ2v) is 7.93. The summed E-state index contributed by atoms with van der Waals surface area (Å²) < 4.78 is 0. The number of hydrogen-bond acceptors (Lipinski definition) is 3. The summed E-state index contributed by atoms with van der Waals surface area (Å²) in [6.07, 6.45) is 6.53. The largest absolute Gasteiger partial charge is 0.508 e. The van der Waals surface area contributed by atoms with E-state index >= 15 is 0 Å². The number of fused-ring (bicyclic) bond motifs is 5. The monoisotopic (exact) mass is 301 g/mol. The first-order valence-corrected chi connectivity index (χ1v) is 8.77. The molecule has 0 aliphatic heterocycles. The van der Waals surface area contributed by atoms with E-state index in [1.54, 1.807) is 0 Å². The van der Waals surface area contributed by atoms with E-state index in [1.165, 1.54) is 24.0 Å². The zero-order valence-electron chi connectivity index (χ0n) is 13.4. The lowest BCUT2D eigenvalue weighted by Gasteiger charge is -2.50. The Labute approximate surface area is 132 Å². The van der Waals surface area contributed by atoms with E-state index in [4.69, 9.17) is 5.73 Å². The smallest absolute Gasteiger partial charge is 0.116 e. The van der Waals surface area contributed by atoms with Crippen LogP contribution in [0.1, 0.15) is 61.6 Å². The molecule has 0 bridgehead atoms. The molecule has 120 valence electrons. The van der Waals surface area contributed by atoms with Crippen molar-refractivity contribution < 1.29 is 10.2 Å². The zero-order valence-corrected chi connectivity index (χ0v) is 13.4. The molecule has 5 atom stereocenters. The first-order chi connectivity index (χ1) is 10.5. The highest BCUT2D eigenvalue weighted by molar-refractivity contribution is 5.46. The van der Waals surface area contributed by atoms with E-state index in [9.17, 15) is 10.2 Å². The molecule has 4 N–H and O–H groups in total. The molecular formula is C19H27NO2. The molecule has 3 nitrogen and oxygen atoms in total. The maximum absolute atomic E-state index is 10.5. The van der Waals surface area contributed by atoms with E-state index in [0.717, 1.165) is 31.2 Å². The topological polar surface area (TPSA) is 66.5 Å². The fourth-order valence-electron chi connectivity index (χ4n) is 5.96. The van der Waals surface area contributed by atoms with Crippen LogP contribution in [0.3, 0.4) is 0 Å². The van der Waals surface area contributed by atoms with Crippen LogP contribution in [0.25, 0.3) is 0 Å². The summed E-state index contributed by atoms with van der Waals surface area (Å²) in [5, 5.41) is 20.4. The quantitative estimate of drug-likeness (QED) is 0.747. The number of aliphatic hydroxyl groups is 1. The lowest BCUT2D eigenvalue weighted by atomic mass is 9.55. The van der Waals surface area contributed by atoms with E-state index in [-0.39, 0.29) is 11.5 Å². The fourth-order valence-corrected chi connectivity index (χ4v) is 5.96. The van der Waals surface area contributed by atoms with Gasteiger partial charge in [0.15, 0.2) is 0 Å². The van der Waals surface area contributed by atoms with Crippen molar-refractivity contribution in [2.45, 2.75) is 64.0 Å². The molecule has 1 aromatic rings. The summed E-state index contributed by atoms with van der Waals surface area (Å²) in [7, 11) is 0. The van der Waals surface area contributed by atoms with Crippen molar-refractivity contribution in [3.05, 3.63) is 28.8 Å². The first kappa shape index (κ1) is 14.5. The SMILES string of the molecule is C[C@]12CC[C@@H]3c4c(CN)cc(O)cc4CC[C@H]3[C@@H]1CC[C@@H]2O. The number of benzene rings is 1. The average molecular weight is 301 g/mol. The van der Waals surface area contributed by atoms with Gasteiger partial charge in [0.2, 0.25) is 0 Å². The van der Waals surface area contributed by atoms with Crippen molar-refractivity contribution in [1.29, 1.82) is 0 Å². The van der Waals surface area contributed by atoms with E-state index < -0.39 is 0 Å². The molecule has 0 saturated heterocycles. The number of aryl methyl sites for hydroxylation is 1. The Morgan fingerprint density at radius 1 is 1.23 bits per heavy atom. The number of aromatic hydroxyl groups is 1. The molecule has 3 heteroatoms. The van der Waals surface area contributed by atoms with Crippen molar-refractivity contribution in [3.63, 3.8) is 0 Å². The maximum Gasteiger partial charge on any atom is 0.116 e. The lowest BCUT2D eigenvalue weighted by Crippen LogP contribution is -2.44. The van der Waals surface area contributed by atoms with Gasteiger partial charge in [0.25, 0.3) is 0 Å². The van der Waals surface area contributed by atoms with Gasteiger partial charge in [0.1, 0.15) is 5.75 Å². The third-order valence-corrected chi connectivity index (χ3v) is 7.06. The Kier molecular flexibility index (Phi) is 3.28. The van der Waals surface area contributed by atoms with Gasteiger partial charge in [0, 0.05) is 6.54 Å². The Morgan fingerprint density at radius 2 is 2.05 bits per heavy atom. The van der Waals surface area contributed by atoms with Crippen LogP contribution in [-0.2, 0) is 13.0 Å². The van der Waals surface area contributed by atoms with Crippen molar-refractivity contribution in [2.24, 2.45) is 23.0 Å². The van der Waals surface area contributed by atoms with Gasteiger partial charge in [-0.1, -0.05) is 6.92 Å². The molecule has 4 rings (SSSR count). The van der Waals surface area contributed by atoms with Crippen molar-refractivity contribution in [2.75, 3.05) is 0 Å². The number of phenols is 1. The molecule has 0 radical (unpaired) electrons. The van der Waals surface area contributed by atoms with Crippen LogP contribution in [0.5, 0.6) is 5.75 Å². The van der Waals surface area contributed by atoms with Crippen molar-refractivity contribution in [1.82, 2.24) is 0 Å². The van der Waals surface area contributed by atoms with Gasteiger partial charge < -0.3 is 15.9 Å². The lowest BCUT2D eigenvalue weighted by molar-refractivity contribution is -0.0227. The number of rotatable bonds is 1. The predicted molar refractivity (Wildman–Crippen MR) is 86.6 cm³/mol. The molecule has 2 saturated carbocycles. The average Bonchev–Trinajstić information content (AvgIpc) is 2.81. The molecule has 0 aromatic heterocycles. The second-order valence-electron chi connectivity index (χ2n) is 7.93. The Hall–Kier alpha value is -1.06. The van der Waals surface area contributed by atoms with E-state index in [0.29, 0.717) is 30.0 Å². The van der Waals surface area contributed by atoms with Gasteiger partial charge in [-0.3, -0.25) is 0 Å². The van der Waals surface area contributed by atoms with Crippen LogP contribution < -0.4 is 5.73 Å². The standard InChI is InChI=1S/C19H27NO2/c1-19-7-6-15-14(16(19)4-5-17(19)22)3-2-11-8-13(21)9-12(10-20)18(11)15/h8-9,14-17,21-22H,2-7,10,20H2,1H3/t14-,15+,16+,17+,19+/m1/s1. The summed E-state index contributed by atoms with van der Waals surface area (Å²) in [4.78, 5) is 0. The van der Waals surface area contributed by atoms with Crippen LogP contribution in [0.15, 0.2) is 12.1 Å². The molecule has 3 aliphatic carbocycles. The van der Waals surface area contributed by atoms with Crippen molar-refractivity contribution in [3.8, 4) is 5.75 Å². The predicted octanol–water partition coefficient (Wildman–Crippen LogP) is 3.07. The van der Waals surface area contributed by atoms with Gasteiger partial charge in [-0.25, -0.2) is 0 Å². The minimum Gasteiger partial charge on any atom is -0.508 e. The van der Waals surface area contributed by atoms with Gasteiger partial charge in [-0.05, 0) is 90.5 Å². The Balaban J connectivity index is 1.76. The zero-order chi connectivity index (χ0) is 15.5. The summed E-state index contributed by atoms with van der Waals surface area (Å²) >= 11 is 0. The first-order valence-electron chi connectivity index (χ1n) is 8.77. The molecule has 0 spiro atoms. The third kappa shape index (κ3) is 1.88. The number of phenolic OH excluding ortho intramolecular Hbond substituents is 1. The fraction of sp³-hybridized carbons (Fsp3) is 0.684. The highest BCUT2D eigenvalue weighted by Crippen LogP contribution is 2.61. The highest BCUT2D eigenvalue weighted by Gasteiger charge is 2.54. The number of hydrogen-bond donors (Lipinski definition) is 3. The maximum atomic E-state index is 10.5. The van der Waals surface area contributed by atoms with Gasteiger partial charge in [0.05, 0.1) is 6.10 Å². The molecule has 22 heavy (non-hydrogen) atoms. The Bertz CT molecular complexity index is 582. The van der Waals surface area contributed by atoms with Crippen LogP contribution in [0.4, 0.5) is 0 Å². The van der Waals surface area contributed by atoms with Crippen molar-refractivity contribution >= 4 is 0 Å². The molecule has 1 aromatic carbocycles. The molecule has 0 unspecified atom stereocenters. The van der Waals surface area contributed by atoms with E-state index in [1.807, 2.05) is 12.1 Å². The minimum absolute atomic E-state index is 0.117. The third-order valence-electron chi connectivity index (χ3n) is 7.06. The molecule has 0 amide bonds. The number of aliphatic hydroxyl groups excluding tert-OH is 1. The molecular weight excluding hydrogens is 274 g/mol. The van der Waals surface area contributed by atoms with Gasteiger partial charge >= 0.3 is 0 Å². The number of nitrogens with two attached hydrogens (primary N) is 1. The van der Waals surface area contributed by atoms with Gasteiger partial charge in [-0.2, -0.15) is 0 Å². The van der Waals surface area contributed by atoms with E-state index in [2.05, 4.69) is 6.92 Å². The van der Waals surface area contributed by atoms with Crippen LogP contribution in [0.2, 0.25) is 0 Å². The molecule has 2 fully saturated rings. The summed E-state index contributed by atoms with van der Waals surface area (Å²) in [6, 6.07) is 3.81. The second kappa shape index (κ2) is 4.97. The minimum atomic E-state index is -0.117. The Morgan fingerprint density at radius 3 is 2.82 bits per heavy atom. The van der Waals surface area contributed by atoms with Crippen LogP contribution in [0, 0.1) is 17.3 Å². The summed E-state index contributed by atoms with van der Waals surface area (Å²) in [6.45, 7) is 2.81. The summed E-state index contributed by atoms with van der Waals surface area (Å²) in [5.41, 5.74) is 9.96. The molecule has 0 heterocycles. The summed E-state index contributed by atoms with van der Waals surface area (Å²) in [5.74, 6) is 2.26. The highest BCUT2D eigenvalue weighted by atomic mass is 16.3. The van der Waals surface area contributed by atoms with Crippen LogP contribution in [-0.4, -0.2) is 16.3 Å². The van der Waals surface area contributed by atoms with Gasteiger partial charge in [-0.15, -0.1) is 0 Å². The normalized spacial score (nSPS) is 40.0. The van der Waals surface area contributed by atoms with Crippen LogP contribution >= 0.6 is 0 Å².